The molecule has 1 amide bonds. The summed E-state index contributed by atoms with van der Waals surface area (Å²) in [5.41, 5.74) is 7.34. The van der Waals surface area contributed by atoms with Gasteiger partial charge in [0.2, 0.25) is 5.91 Å². The number of nitrogens with one attached hydrogen (secondary N) is 1. The second-order valence-corrected chi connectivity index (χ2v) is 5.61. The first-order chi connectivity index (χ1) is 8.34. The molecule has 0 saturated carbocycles. The Labute approximate surface area is 109 Å². The highest BCUT2D eigenvalue weighted by atomic mass is 16.2. The van der Waals surface area contributed by atoms with Gasteiger partial charge < -0.3 is 11.1 Å². The Hall–Kier alpha value is -1.42. The average molecular weight is 249 g/mol. The van der Waals surface area contributed by atoms with Gasteiger partial charge in [0.15, 0.2) is 0 Å². The summed E-state index contributed by atoms with van der Waals surface area (Å²) in [4.78, 5) is 16.0. The smallest absolute Gasteiger partial charge is 0.229 e. The highest BCUT2D eigenvalue weighted by Gasteiger charge is 2.22. The first-order valence-electron chi connectivity index (χ1n) is 6.34. The van der Waals surface area contributed by atoms with Crippen LogP contribution in [0.3, 0.4) is 0 Å². The maximum absolute atomic E-state index is 12.0. The fraction of sp³-hybridized carbons (Fsp3) is 0.571. The molecule has 0 bridgehead atoms. The predicted molar refractivity (Wildman–Crippen MR) is 74.3 cm³/mol. The van der Waals surface area contributed by atoms with Crippen LogP contribution in [0.5, 0.6) is 0 Å². The molecule has 1 aromatic heterocycles. The van der Waals surface area contributed by atoms with Crippen LogP contribution >= 0.6 is 0 Å². The van der Waals surface area contributed by atoms with Crippen LogP contribution in [0.25, 0.3) is 0 Å². The van der Waals surface area contributed by atoms with Crippen LogP contribution in [-0.2, 0) is 11.2 Å². The molecule has 0 aliphatic heterocycles. The second kappa shape index (κ2) is 5.96. The highest BCUT2D eigenvalue weighted by molar-refractivity contribution is 5.95. The van der Waals surface area contributed by atoms with Crippen LogP contribution in [0.4, 0.5) is 5.69 Å². The van der Waals surface area contributed by atoms with Crippen molar-refractivity contribution in [2.45, 2.75) is 46.6 Å². The molecule has 18 heavy (non-hydrogen) atoms. The zero-order valence-electron chi connectivity index (χ0n) is 11.7. The van der Waals surface area contributed by atoms with Crippen molar-refractivity contribution in [3.63, 3.8) is 0 Å². The summed E-state index contributed by atoms with van der Waals surface area (Å²) in [5, 5.41) is 2.92. The molecule has 100 valence electrons. The van der Waals surface area contributed by atoms with Crippen LogP contribution in [0.1, 0.15) is 39.7 Å². The van der Waals surface area contributed by atoms with Gasteiger partial charge in [-0.05, 0) is 24.5 Å². The van der Waals surface area contributed by atoms with Gasteiger partial charge in [-0.2, -0.15) is 0 Å². The molecule has 1 heterocycles. The van der Waals surface area contributed by atoms with E-state index in [0.717, 1.165) is 24.1 Å². The van der Waals surface area contributed by atoms with Crippen LogP contribution in [-0.4, -0.2) is 16.9 Å². The van der Waals surface area contributed by atoms with Crippen molar-refractivity contribution < 1.29 is 4.79 Å². The monoisotopic (exact) mass is 249 g/mol. The van der Waals surface area contributed by atoms with E-state index in [2.05, 4.69) is 17.2 Å². The van der Waals surface area contributed by atoms with E-state index in [0.29, 0.717) is 0 Å². The molecule has 0 aromatic carbocycles. The van der Waals surface area contributed by atoms with Crippen molar-refractivity contribution in [2.75, 3.05) is 5.32 Å². The van der Waals surface area contributed by atoms with Gasteiger partial charge in [0.25, 0.3) is 0 Å². The van der Waals surface area contributed by atoms with Crippen molar-refractivity contribution in [3.8, 4) is 0 Å². The van der Waals surface area contributed by atoms with Gasteiger partial charge in [0, 0.05) is 17.7 Å². The molecule has 0 radical (unpaired) electrons. The number of nitrogens with zero attached hydrogens (tertiary/aromatic N) is 1. The van der Waals surface area contributed by atoms with Crippen molar-refractivity contribution in [1.82, 2.24) is 4.98 Å². The van der Waals surface area contributed by atoms with E-state index in [1.165, 1.54) is 0 Å². The third-order valence-electron chi connectivity index (χ3n) is 2.85. The number of pyridine rings is 1. The lowest BCUT2D eigenvalue weighted by atomic mass is 9.95. The molecule has 0 fully saturated rings. The molecule has 0 saturated heterocycles. The number of carbonyl (C=O) groups excluding carboxylic acids is 1. The van der Waals surface area contributed by atoms with Crippen LogP contribution < -0.4 is 11.1 Å². The predicted octanol–water partition coefficient (Wildman–Crippen LogP) is 2.35. The Morgan fingerprint density at radius 1 is 1.50 bits per heavy atom. The van der Waals surface area contributed by atoms with Crippen LogP contribution in [0, 0.1) is 5.41 Å². The normalized spacial score (nSPS) is 13.2. The number of anilines is 1. The second-order valence-electron chi connectivity index (χ2n) is 5.61. The van der Waals surface area contributed by atoms with Crippen LogP contribution in [0.15, 0.2) is 18.5 Å². The maximum Gasteiger partial charge on any atom is 0.229 e. The number of hydrogen-bond donors (Lipinski definition) is 2. The number of rotatable bonds is 4. The molecule has 0 aliphatic rings. The average Bonchev–Trinajstić information content (AvgIpc) is 2.30. The Morgan fingerprint density at radius 2 is 2.17 bits per heavy atom. The third-order valence-corrected chi connectivity index (χ3v) is 2.85. The summed E-state index contributed by atoms with van der Waals surface area (Å²) >= 11 is 0. The SMILES string of the molecule is CCC(N)Cc1ccncc1NC(=O)C(C)(C)C. The molecule has 1 aromatic rings. The minimum absolute atomic E-state index is 0.0122. The third kappa shape index (κ3) is 4.11. The Balaban J connectivity index is 2.86. The van der Waals surface area contributed by atoms with E-state index >= 15 is 0 Å². The number of nitrogens with two attached hydrogens (primary N) is 1. The van der Waals surface area contributed by atoms with Gasteiger partial charge in [0.05, 0.1) is 11.9 Å². The largest absolute Gasteiger partial charge is 0.327 e. The molecule has 1 atom stereocenters. The Morgan fingerprint density at radius 3 is 2.72 bits per heavy atom. The fourth-order valence-corrected chi connectivity index (χ4v) is 1.45. The van der Waals surface area contributed by atoms with Crippen molar-refractivity contribution >= 4 is 11.6 Å². The van der Waals surface area contributed by atoms with Crippen molar-refractivity contribution in [3.05, 3.63) is 24.0 Å². The van der Waals surface area contributed by atoms with Gasteiger partial charge in [0.1, 0.15) is 0 Å². The molecule has 1 rings (SSSR count). The van der Waals surface area contributed by atoms with E-state index in [1.807, 2.05) is 26.8 Å². The Kier molecular flexibility index (Phi) is 4.84. The van der Waals surface area contributed by atoms with Gasteiger partial charge in [-0.1, -0.05) is 27.7 Å². The number of hydrogen-bond acceptors (Lipinski definition) is 3. The quantitative estimate of drug-likeness (QED) is 0.860. The molecule has 4 heteroatoms. The summed E-state index contributed by atoms with van der Waals surface area (Å²) in [6, 6.07) is 2.02. The lowest BCUT2D eigenvalue weighted by Gasteiger charge is -2.20. The van der Waals surface area contributed by atoms with Gasteiger partial charge in [-0.3, -0.25) is 9.78 Å². The summed E-state index contributed by atoms with van der Waals surface area (Å²) in [6.07, 6.45) is 5.07. The lowest BCUT2D eigenvalue weighted by molar-refractivity contribution is -0.123. The van der Waals surface area contributed by atoms with E-state index in [9.17, 15) is 4.79 Å². The molecule has 4 nitrogen and oxygen atoms in total. The zero-order valence-corrected chi connectivity index (χ0v) is 11.7. The molecular weight excluding hydrogens is 226 g/mol. The summed E-state index contributed by atoms with van der Waals surface area (Å²) < 4.78 is 0. The number of carbonyl (C=O) groups is 1. The molecular formula is C14H23N3O. The van der Waals surface area contributed by atoms with E-state index in [4.69, 9.17) is 5.73 Å². The number of amides is 1. The minimum atomic E-state index is -0.417. The molecule has 1 unspecified atom stereocenters. The van der Waals surface area contributed by atoms with Gasteiger partial charge in [-0.25, -0.2) is 0 Å². The first-order valence-corrected chi connectivity index (χ1v) is 6.34. The van der Waals surface area contributed by atoms with Crippen molar-refractivity contribution in [2.24, 2.45) is 11.1 Å². The first kappa shape index (κ1) is 14.6. The Bertz CT molecular complexity index is 410. The maximum atomic E-state index is 12.0. The van der Waals surface area contributed by atoms with E-state index in [1.54, 1.807) is 12.4 Å². The minimum Gasteiger partial charge on any atom is -0.327 e. The summed E-state index contributed by atoms with van der Waals surface area (Å²) in [7, 11) is 0. The van der Waals surface area contributed by atoms with E-state index in [-0.39, 0.29) is 11.9 Å². The fourth-order valence-electron chi connectivity index (χ4n) is 1.45. The highest BCUT2D eigenvalue weighted by Crippen LogP contribution is 2.20. The molecule has 0 spiro atoms. The lowest BCUT2D eigenvalue weighted by Crippen LogP contribution is -2.29. The standard InChI is InChI=1S/C14H23N3O/c1-5-11(15)8-10-6-7-16-9-12(10)17-13(18)14(2,3)4/h6-7,9,11H,5,8,15H2,1-4H3,(H,17,18). The van der Waals surface area contributed by atoms with Gasteiger partial charge in [-0.15, -0.1) is 0 Å². The van der Waals surface area contributed by atoms with Gasteiger partial charge >= 0.3 is 0 Å². The van der Waals surface area contributed by atoms with Crippen LogP contribution in [0.2, 0.25) is 0 Å². The molecule has 0 aliphatic carbocycles. The summed E-state index contributed by atoms with van der Waals surface area (Å²) in [6.45, 7) is 7.71. The molecule has 3 N–H and O–H groups in total. The van der Waals surface area contributed by atoms with Crippen molar-refractivity contribution in [1.29, 1.82) is 0 Å². The summed E-state index contributed by atoms with van der Waals surface area (Å²) in [5.74, 6) is -0.0122. The zero-order chi connectivity index (χ0) is 13.8. The van der Waals surface area contributed by atoms with E-state index < -0.39 is 5.41 Å². The topological polar surface area (TPSA) is 68.0 Å². The number of aromatic nitrogens is 1.